The Labute approximate surface area is 173 Å². The molecule has 0 saturated carbocycles. The Bertz CT molecular complexity index is 936. The van der Waals surface area contributed by atoms with Crippen molar-refractivity contribution in [2.75, 3.05) is 13.1 Å². The minimum atomic E-state index is 0.272. The molecule has 29 heavy (non-hydrogen) atoms. The minimum Gasteiger partial charge on any atom is -0.343 e. The van der Waals surface area contributed by atoms with Gasteiger partial charge < -0.3 is 4.90 Å². The lowest BCUT2D eigenvalue weighted by Gasteiger charge is -2.20. The molecule has 2 heterocycles. The van der Waals surface area contributed by atoms with Crippen LogP contribution in [-0.2, 0) is 11.2 Å². The largest absolute Gasteiger partial charge is 0.343 e. The van der Waals surface area contributed by atoms with Gasteiger partial charge in [-0.3, -0.25) is 4.79 Å². The third-order valence-corrected chi connectivity index (χ3v) is 5.70. The molecule has 150 valence electrons. The Kier molecular flexibility index (Phi) is 6.09. The summed E-state index contributed by atoms with van der Waals surface area (Å²) in [5.41, 5.74) is 5.46. The molecule has 4 heteroatoms. The van der Waals surface area contributed by atoms with Crippen molar-refractivity contribution in [3.63, 3.8) is 0 Å². The molecule has 2 aromatic carbocycles. The Balaban J connectivity index is 1.58. The van der Waals surface area contributed by atoms with Gasteiger partial charge in [0.2, 0.25) is 5.91 Å². The lowest BCUT2D eigenvalue weighted by atomic mass is 10.0. The van der Waals surface area contributed by atoms with Gasteiger partial charge in [-0.25, -0.2) is 4.68 Å². The van der Waals surface area contributed by atoms with Crippen LogP contribution in [0, 0.1) is 6.92 Å². The monoisotopic (exact) mass is 387 g/mol. The second-order valence-electron chi connectivity index (χ2n) is 7.94. The van der Waals surface area contributed by atoms with Gasteiger partial charge in [0, 0.05) is 31.3 Å². The Morgan fingerprint density at radius 3 is 2.31 bits per heavy atom. The van der Waals surface area contributed by atoms with E-state index in [-0.39, 0.29) is 5.91 Å². The molecule has 0 N–H and O–H groups in total. The van der Waals surface area contributed by atoms with Crippen LogP contribution in [-0.4, -0.2) is 33.7 Å². The van der Waals surface area contributed by atoms with Crippen molar-refractivity contribution >= 4 is 5.91 Å². The predicted molar refractivity (Wildman–Crippen MR) is 117 cm³/mol. The molecule has 1 aromatic heterocycles. The maximum absolute atomic E-state index is 12.8. The number of likely N-dealkylation sites (tertiary alicyclic amines) is 1. The van der Waals surface area contributed by atoms with Gasteiger partial charge in [-0.2, -0.15) is 5.10 Å². The molecule has 4 rings (SSSR count). The zero-order valence-corrected chi connectivity index (χ0v) is 17.2. The molecule has 0 unspecified atom stereocenters. The van der Waals surface area contributed by atoms with Gasteiger partial charge in [-0.05, 0) is 43.9 Å². The molecule has 4 nitrogen and oxygen atoms in total. The van der Waals surface area contributed by atoms with E-state index in [0.717, 1.165) is 48.4 Å². The fraction of sp³-hybridized carbons (Fsp3) is 0.360. The van der Waals surface area contributed by atoms with Gasteiger partial charge in [0.1, 0.15) is 0 Å². The summed E-state index contributed by atoms with van der Waals surface area (Å²) in [6.07, 6.45) is 8.08. The standard InChI is InChI=1S/C25H29N3O/c1-20-11-13-21(14-12-20)25-22(19-28(26-25)23-9-5-4-6-10-23)15-16-24(29)27-17-7-2-3-8-18-27/h4-6,9-14,19H,2-3,7-8,15-18H2,1H3. The highest BCUT2D eigenvalue weighted by molar-refractivity contribution is 5.77. The average Bonchev–Trinajstić information content (AvgIpc) is 2.98. The highest BCUT2D eigenvalue weighted by atomic mass is 16.2. The Morgan fingerprint density at radius 1 is 0.931 bits per heavy atom. The summed E-state index contributed by atoms with van der Waals surface area (Å²) in [6, 6.07) is 18.6. The number of carbonyl (C=O) groups is 1. The zero-order chi connectivity index (χ0) is 20.1. The van der Waals surface area contributed by atoms with Crippen LogP contribution in [0.15, 0.2) is 60.8 Å². The van der Waals surface area contributed by atoms with E-state index >= 15 is 0 Å². The first-order valence-corrected chi connectivity index (χ1v) is 10.7. The maximum Gasteiger partial charge on any atom is 0.222 e. The number of aryl methyl sites for hydroxylation is 2. The van der Waals surface area contributed by atoms with E-state index < -0.39 is 0 Å². The van der Waals surface area contributed by atoms with E-state index in [2.05, 4.69) is 54.4 Å². The van der Waals surface area contributed by atoms with Crippen molar-refractivity contribution in [1.82, 2.24) is 14.7 Å². The number of para-hydroxylation sites is 1. The summed E-state index contributed by atoms with van der Waals surface area (Å²) in [6.45, 7) is 3.91. The lowest BCUT2D eigenvalue weighted by Crippen LogP contribution is -2.31. The van der Waals surface area contributed by atoms with Crippen LogP contribution in [0.3, 0.4) is 0 Å². The molecule has 0 spiro atoms. The number of amides is 1. The van der Waals surface area contributed by atoms with Crippen LogP contribution in [0.1, 0.15) is 43.2 Å². The fourth-order valence-electron chi connectivity index (χ4n) is 3.98. The highest BCUT2D eigenvalue weighted by Gasteiger charge is 2.18. The van der Waals surface area contributed by atoms with Crippen LogP contribution < -0.4 is 0 Å². The molecule has 0 radical (unpaired) electrons. The van der Waals surface area contributed by atoms with Gasteiger partial charge in [-0.1, -0.05) is 60.9 Å². The van der Waals surface area contributed by atoms with E-state index in [1.54, 1.807) is 0 Å². The molecule has 1 amide bonds. The van der Waals surface area contributed by atoms with Crippen LogP contribution >= 0.6 is 0 Å². The average molecular weight is 388 g/mol. The highest BCUT2D eigenvalue weighted by Crippen LogP contribution is 2.25. The first kappa shape index (κ1) is 19.4. The first-order valence-electron chi connectivity index (χ1n) is 10.7. The fourth-order valence-corrected chi connectivity index (χ4v) is 3.98. The molecule has 3 aromatic rings. The molecule has 0 atom stereocenters. The summed E-state index contributed by atoms with van der Waals surface area (Å²) >= 11 is 0. The van der Waals surface area contributed by atoms with Crippen molar-refractivity contribution in [2.24, 2.45) is 0 Å². The molecule has 0 bridgehead atoms. The normalized spacial score (nSPS) is 14.6. The quantitative estimate of drug-likeness (QED) is 0.605. The molecule has 1 fully saturated rings. The van der Waals surface area contributed by atoms with Crippen molar-refractivity contribution < 1.29 is 4.79 Å². The topological polar surface area (TPSA) is 38.1 Å². The van der Waals surface area contributed by atoms with Crippen molar-refractivity contribution in [3.8, 4) is 16.9 Å². The van der Waals surface area contributed by atoms with Gasteiger partial charge in [0.15, 0.2) is 0 Å². The first-order chi connectivity index (χ1) is 14.2. The number of nitrogens with zero attached hydrogens (tertiary/aromatic N) is 3. The van der Waals surface area contributed by atoms with Crippen molar-refractivity contribution in [1.29, 1.82) is 0 Å². The predicted octanol–water partition coefficient (Wildman–Crippen LogP) is 5.18. The van der Waals surface area contributed by atoms with E-state index in [1.807, 2.05) is 22.9 Å². The third-order valence-electron chi connectivity index (χ3n) is 5.70. The van der Waals surface area contributed by atoms with E-state index in [1.165, 1.54) is 18.4 Å². The van der Waals surface area contributed by atoms with Crippen LogP contribution in [0.4, 0.5) is 0 Å². The van der Waals surface area contributed by atoms with Gasteiger partial charge >= 0.3 is 0 Å². The summed E-state index contributed by atoms with van der Waals surface area (Å²) in [4.78, 5) is 14.8. The molecule has 1 aliphatic rings. The van der Waals surface area contributed by atoms with Crippen molar-refractivity contribution in [2.45, 2.75) is 45.4 Å². The SMILES string of the molecule is Cc1ccc(-c2nn(-c3ccccc3)cc2CCC(=O)N2CCCCCC2)cc1. The van der Waals surface area contributed by atoms with Crippen LogP contribution in [0.25, 0.3) is 16.9 Å². The number of hydrogen-bond donors (Lipinski definition) is 0. The summed E-state index contributed by atoms with van der Waals surface area (Å²) in [5, 5.41) is 4.88. The number of aromatic nitrogens is 2. The molecule has 1 saturated heterocycles. The minimum absolute atomic E-state index is 0.272. The van der Waals surface area contributed by atoms with E-state index in [0.29, 0.717) is 12.8 Å². The zero-order valence-electron chi connectivity index (χ0n) is 17.2. The smallest absolute Gasteiger partial charge is 0.222 e. The maximum atomic E-state index is 12.8. The Hall–Kier alpha value is -2.88. The molecular weight excluding hydrogens is 358 g/mol. The van der Waals surface area contributed by atoms with Crippen LogP contribution in [0.5, 0.6) is 0 Å². The molecule has 0 aliphatic carbocycles. The lowest BCUT2D eigenvalue weighted by molar-refractivity contribution is -0.131. The second-order valence-corrected chi connectivity index (χ2v) is 7.94. The molecular formula is C25H29N3O. The van der Waals surface area contributed by atoms with Crippen LogP contribution in [0.2, 0.25) is 0 Å². The van der Waals surface area contributed by atoms with Gasteiger partial charge in [0.25, 0.3) is 0 Å². The number of benzene rings is 2. The van der Waals surface area contributed by atoms with Gasteiger partial charge in [0.05, 0.1) is 11.4 Å². The third kappa shape index (κ3) is 4.76. The molecule has 1 aliphatic heterocycles. The number of hydrogen-bond acceptors (Lipinski definition) is 2. The number of carbonyl (C=O) groups excluding carboxylic acids is 1. The van der Waals surface area contributed by atoms with Gasteiger partial charge in [-0.15, -0.1) is 0 Å². The summed E-state index contributed by atoms with van der Waals surface area (Å²) in [7, 11) is 0. The second kappa shape index (κ2) is 9.08. The van der Waals surface area contributed by atoms with E-state index in [4.69, 9.17) is 5.10 Å². The van der Waals surface area contributed by atoms with E-state index in [9.17, 15) is 4.79 Å². The Morgan fingerprint density at radius 2 is 1.62 bits per heavy atom. The summed E-state index contributed by atoms with van der Waals surface area (Å²) < 4.78 is 1.93. The van der Waals surface area contributed by atoms with Crippen molar-refractivity contribution in [3.05, 3.63) is 71.9 Å². The number of rotatable bonds is 5. The summed E-state index contributed by atoms with van der Waals surface area (Å²) in [5.74, 6) is 0.272.